The van der Waals surface area contributed by atoms with Gasteiger partial charge in [0.25, 0.3) is 0 Å². The first-order valence-corrected chi connectivity index (χ1v) is 7.67. The largest absolute Gasteiger partial charge is 0.328 e. The molecule has 2 N–H and O–H groups in total. The summed E-state index contributed by atoms with van der Waals surface area (Å²) in [7, 11) is 2.18. The molecule has 1 fully saturated rings. The van der Waals surface area contributed by atoms with Gasteiger partial charge < -0.3 is 5.73 Å². The summed E-state index contributed by atoms with van der Waals surface area (Å²) in [6, 6.07) is 7.04. The fourth-order valence-corrected chi connectivity index (χ4v) is 3.45. The van der Waals surface area contributed by atoms with Gasteiger partial charge in [-0.15, -0.1) is 0 Å². The molecule has 1 unspecified atom stereocenters. The van der Waals surface area contributed by atoms with Crippen molar-refractivity contribution in [1.29, 1.82) is 0 Å². The van der Waals surface area contributed by atoms with Crippen LogP contribution in [0, 0.1) is 0 Å². The molecule has 4 heteroatoms. The number of nitrogens with two attached hydrogens (primary N) is 1. The molecule has 0 aliphatic heterocycles. The normalized spacial score (nSPS) is 25.6. The molecule has 0 heterocycles. The second-order valence-electron chi connectivity index (χ2n) is 5.58. The van der Waals surface area contributed by atoms with Crippen molar-refractivity contribution in [3.05, 3.63) is 33.8 Å². The molecule has 1 aromatic carbocycles. The summed E-state index contributed by atoms with van der Waals surface area (Å²) in [5, 5.41) is 1.44. The van der Waals surface area contributed by atoms with E-state index in [1.54, 1.807) is 0 Å². The third kappa shape index (κ3) is 3.63. The SMILES string of the molecule is CC(c1ccc(Cl)cc1Cl)N(C)C1CCC(N)CC1. The monoisotopic (exact) mass is 300 g/mol. The average Bonchev–Trinajstić information content (AvgIpc) is 2.38. The minimum Gasteiger partial charge on any atom is -0.328 e. The van der Waals surface area contributed by atoms with Crippen LogP contribution in [0.4, 0.5) is 0 Å². The Morgan fingerprint density at radius 2 is 1.84 bits per heavy atom. The van der Waals surface area contributed by atoms with Crippen molar-refractivity contribution in [2.45, 2.75) is 50.7 Å². The van der Waals surface area contributed by atoms with Crippen LogP contribution < -0.4 is 5.73 Å². The molecule has 106 valence electrons. The van der Waals surface area contributed by atoms with Gasteiger partial charge in [0.2, 0.25) is 0 Å². The maximum atomic E-state index is 6.30. The standard InChI is InChI=1S/C15H22Cl2N2/c1-10(14-8-3-11(16)9-15(14)17)19(2)13-6-4-12(18)5-7-13/h3,8-10,12-13H,4-7,18H2,1-2H3. The van der Waals surface area contributed by atoms with E-state index < -0.39 is 0 Å². The van der Waals surface area contributed by atoms with Gasteiger partial charge in [0.05, 0.1) is 0 Å². The molecule has 0 amide bonds. The van der Waals surface area contributed by atoms with Crippen LogP contribution in [0.5, 0.6) is 0 Å². The highest BCUT2D eigenvalue weighted by Gasteiger charge is 2.26. The summed E-state index contributed by atoms with van der Waals surface area (Å²) in [5.41, 5.74) is 7.11. The van der Waals surface area contributed by atoms with Crippen molar-refractivity contribution in [3.8, 4) is 0 Å². The number of halogens is 2. The molecule has 1 aliphatic carbocycles. The zero-order valence-corrected chi connectivity index (χ0v) is 13.1. The third-order valence-electron chi connectivity index (χ3n) is 4.34. The summed E-state index contributed by atoms with van der Waals surface area (Å²) < 4.78 is 0. The third-order valence-corrected chi connectivity index (χ3v) is 4.90. The highest BCUT2D eigenvalue weighted by molar-refractivity contribution is 6.35. The zero-order valence-electron chi connectivity index (χ0n) is 11.6. The molecule has 0 bridgehead atoms. The smallest absolute Gasteiger partial charge is 0.0468 e. The first-order chi connectivity index (χ1) is 8.99. The highest BCUT2D eigenvalue weighted by atomic mass is 35.5. The van der Waals surface area contributed by atoms with Crippen LogP contribution in [0.25, 0.3) is 0 Å². The Hall–Kier alpha value is -0.280. The average molecular weight is 301 g/mol. The summed E-state index contributed by atoms with van der Waals surface area (Å²) in [5.74, 6) is 0. The Morgan fingerprint density at radius 1 is 1.21 bits per heavy atom. The molecule has 0 spiro atoms. The fraction of sp³-hybridized carbons (Fsp3) is 0.600. The summed E-state index contributed by atoms with van der Waals surface area (Å²) in [6.07, 6.45) is 4.59. The van der Waals surface area contributed by atoms with Gasteiger partial charge in [-0.25, -0.2) is 0 Å². The van der Waals surface area contributed by atoms with E-state index in [0.29, 0.717) is 23.1 Å². The predicted molar refractivity (Wildman–Crippen MR) is 82.9 cm³/mol. The Bertz CT molecular complexity index is 428. The number of benzene rings is 1. The van der Waals surface area contributed by atoms with Gasteiger partial charge in [-0.2, -0.15) is 0 Å². The summed E-state index contributed by atoms with van der Waals surface area (Å²) in [4.78, 5) is 2.42. The topological polar surface area (TPSA) is 29.3 Å². The molecule has 2 nitrogen and oxygen atoms in total. The number of hydrogen-bond acceptors (Lipinski definition) is 2. The molecule has 1 atom stereocenters. The van der Waals surface area contributed by atoms with Crippen molar-refractivity contribution in [2.75, 3.05) is 7.05 Å². The maximum absolute atomic E-state index is 6.30. The fourth-order valence-electron chi connectivity index (χ4n) is 2.88. The number of rotatable bonds is 3. The van der Waals surface area contributed by atoms with Crippen LogP contribution in [0.15, 0.2) is 18.2 Å². The van der Waals surface area contributed by atoms with Crippen LogP contribution >= 0.6 is 23.2 Å². The van der Waals surface area contributed by atoms with E-state index in [1.165, 1.54) is 12.8 Å². The van der Waals surface area contributed by atoms with E-state index in [9.17, 15) is 0 Å². The number of nitrogens with zero attached hydrogens (tertiary/aromatic N) is 1. The van der Waals surface area contributed by atoms with Gasteiger partial charge in [-0.05, 0) is 57.4 Å². The predicted octanol–water partition coefficient (Wildman–Crippen LogP) is 4.26. The van der Waals surface area contributed by atoms with Crippen LogP contribution in [0.1, 0.15) is 44.2 Å². The Balaban J connectivity index is 2.08. The van der Waals surface area contributed by atoms with Gasteiger partial charge in [0.1, 0.15) is 0 Å². The second kappa shape index (κ2) is 6.45. The molecule has 1 saturated carbocycles. The quantitative estimate of drug-likeness (QED) is 0.904. The molecule has 19 heavy (non-hydrogen) atoms. The highest BCUT2D eigenvalue weighted by Crippen LogP contribution is 2.32. The first-order valence-electron chi connectivity index (χ1n) is 6.91. The Kier molecular flexibility index (Phi) is 5.13. The van der Waals surface area contributed by atoms with Crippen LogP contribution in [0.3, 0.4) is 0 Å². The maximum Gasteiger partial charge on any atom is 0.0468 e. The lowest BCUT2D eigenvalue weighted by atomic mass is 9.90. The van der Waals surface area contributed by atoms with Crippen molar-refractivity contribution in [2.24, 2.45) is 5.73 Å². The Morgan fingerprint density at radius 3 is 2.42 bits per heavy atom. The Labute approximate surface area is 125 Å². The van der Waals surface area contributed by atoms with Gasteiger partial charge in [-0.1, -0.05) is 29.3 Å². The van der Waals surface area contributed by atoms with Gasteiger partial charge in [0.15, 0.2) is 0 Å². The molecule has 0 saturated heterocycles. The molecule has 1 aromatic rings. The second-order valence-corrected chi connectivity index (χ2v) is 6.42. The minimum absolute atomic E-state index is 0.295. The van der Waals surface area contributed by atoms with E-state index in [2.05, 4.69) is 18.9 Å². The molecule has 0 radical (unpaired) electrons. The van der Waals surface area contributed by atoms with Crippen LogP contribution in [-0.2, 0) is 0 Å². The lowest BCUT2D eigenvalue weighted by Gasteiger charge is -2.37. The van der Waals surface area contributed by atoms with Crippen molar-refractivity contribution in [3.63, 3.8) is 0 Å². The van der Waals surface area contributed by atoms with Gasteiger partial charge >= 0.3 is 0 Å². The minimum atomic E-state index is 0.295. The molecule has 2 rings (SSSR count). The van der Waals surface area contributed by atoms with Crippen molar-refractivity contribution in [1.82, 2.24) is 4.90 Å². The molecule has 1 aliphatic rings. The van der Waals surface area contributed by atoms with Crippen LogP contribution in [-0.4, -0.2) is 24.0 Å². The number of hydrogen-bond donors (Lipinski definition) is 1. The molecule has 0 aromatic heterocycles. The van der Waals surface area contributed by atoms with Crippen molar-refractivity contribution < 1.29 is 0 Å². The van der Waals surface area contributed by atoms with E-state index in [-0.39, 0.29) is 0 Å². The van der Waals surface area contributed by atoms with Crippen LogP contribution in [0.2, 0.25) is 10.0 Å². The van der Waals surface area contributed by atoms with E-state index in [4.69, 9.17) is 28.9 Å². The van der Waals surface area contributed by atoms with E-state index in [0.717, 1.165) is 23.4 Å². The summed E-state index contributed by atoms with van der Waals surface area (Å²) in [6.45, 7) is 2.20. The van der Waals surface area contributed by atoms with Gasteiger partial charge in [-0.3, -0.25) is 4.90 Å². The lowest BCUT2D eigenvalue weighted by Crippen LogP contribution is -2.39. The first kappa shape index (κ1) is 15.1. The summed E-state index contributed by atoms with van der Waals surface area (Å²) >= 11 is 12.3. The van der Waals surface area contributed by atoms with Crippen molar-refractivity contribution >= 4 is 23.2 Å². The van der Waals surface area contributed by atoms with Gasteiger partial charge in [0, 0.05) is 28.2 Å². The zero-order chi connectivity index (χ0) is 14.0. The molecular formula is C15H22Cl2N2. The van der Waals surface area contributed by atoms with E-state index >= 15 is 0 Å². The van der Waals surface area contributed by atoms with E-state index in [1.807, 2.05) is 18.2 Å². The lowest BCUT2D eigenvalue weighted by molar-refractivity contribution is 0.140. The molecular weight excluding hydrogens is 279 g/mol.